The lowest BCUT2D eigenvalue weighted by Gasteiger charge is -2.02. The molecule has 0 radical (unpaired) electrons. The standard InChI is InChI=1S/C6H11N3O4S2/c1-14(10,11)3-2-9-15(12,13)6-4-7-8-5-6/h4-5,9H,2-3H2,1H3,(H,7,8). The number of sulfonamides is 1. The lowest BCUT2D eigenvalue weighted by Crippen LogP contribution is -2.28. The molecular weight excluding hydrogens is 242 g/mol. The van der Waals surface area contributed by atoms with Gasteiger partial charge in [-0.3, -0.25) is 5.10 Å². The predicted octanol–water partition coefficient (Wildman–Crippen LogP) is -1.27. The molecule has 0 saturated heterocycles. The number of aromatic nitrogens is 2. The maximum absolute atomic E-state index is 11.4. The minimum absolute atomic E-state index is 0.0176. The first-order valence-electron chi connectivity index (χ1n) is 3.97. The average molecular weight is 253 g/mol. The van der Waals surface area contributed by atoms with Crippen LogP contribution in [0.15, 0.2) is 17.3 Å². The van der Waals surface area contributed by atoms with Crippen molar-refractivity contribution in [2.24, 2.45) is 0 Å². The molecule has 2 N–H and O–H groups in total. The Morgan fingerprint density at radius 1 is 1.40 bits per heavy atom. The molecule has 0 spiro atoms. The van der Waals surface area contributed by atoms with Crippen LogP contribution in [0.3, 0.4) is 0 Å². The first-order valence-corrected chi connectivity index (χ1v) is 7.52. The van der Waals surface area contributed by atoms with Gasteiger partial charge in [-0.25, -0.2) is 21.6 Å². The Bertz CT molecular complexity index is 503. The van der Waals surface area contributed by atoms with Gasteiger partial charge in [0.15, 0.2) is 0 Å². The summed E-state index contributed by atoms with van der Waals surface area (Å²) in [4.78, 5) is -0.0176. The zero-order chi connectivity index (χ0) is 11.5. The van der Waals surface area contributed by atoms with Gasteiger partial charge >= 0.3 is 0 Å². The van der Waals surface area contributed by atoms with Crippen molar-refractivity contribution in [2.75, 3.05) is 18.6 Å². The van der Waals surface area contributed by atoms with E-state index in [0.29, 0.717) is 0 Å². The highest BCUT2D eigenvalue weighted by Crippen LogP contribution is 2.03. The molecule has 0 aliphatic heterocycles. The van der Waals surface area contributed by atoms with E-state index in [1.807, 2.05) is 0 Å². The Labute approximate surface area is 87.9 Å². The average Bonchev–Trinajstić information content (AvgIpc) is 2.52. The van der Waals surface area contributed by atoms with Crippen LogP contribution >= 0.6 is 0 Å². The summed E-state index contributed by atoms with van der Waals surface area (Å²) in [7, 11) is -6.81. The number of H-pyrrole nitrogens is 1. The van der Waals surface area contributed by atoms with Gasteiger partial charge in [0.05, 0.1) is 11.9 Å². The second-order valence-electron chi connectivity index (χ2n) is 2.96. The molecule has 86 valence electrons. The highest BCUT2D eigenvalue weighted by atomic mass is 32.2. The largest absolute Gasteiger partial charge is 0.284 e. The summed E-state index contributed by atoms with van der Waals surface area (Å²) in [5.74, 6) is -0.232. The molecular formula is C6H11N3O4S2. The van der Waals surface area contributed by atoms with E-state index in [2.05, 4.69) is 14.9 Å². The second kappa shape index (κ2) is 4.29. The minimum atomic E-state index is -3.65. The summed E-state index contributed by atoms with van der Waals surface area (Å²) < 4.78 is 46.5. The molecule has 0 bridgehead atoms. The van der Waals surface area contributed by atoms with Gasteiger partial charge in [-0.15, -0.1) is 0 Å². The van der Waals surface area contributed by atoms with Gasteiger partial charge in [-0.1, -0.05) is 0 Å². The van der Waals surface area contributed by atoms with Crippen molar-refractivity contribution >= 4 is 19.9 Å². The topological polar surface area (TPSA) is 109 Å². The fourth-order valence-corrected chi connectivity index (χ4v) is 2.37. The van der Waals surface area contributed by atoms with Crippen LogP contribution in [0.4, 0.5) is 0 Å². The number of rotatable bonds is 5. The van der Waals surface area contributed by atoms with Crippen molar-refractivity contribution in [1.29, 1.82) is 0 Å². The third-order valence-corrected chi connectivity index (χ3v) is 3.92. The van der Waals surface area contributed by atoms with Crippen molar-refractivity contribution in [1.82, 2.24) is 14.9 Å². The Kier molecular flexibility index (Phi) is 3.47. The smallest absolute Gasteiger partial charge is 0.243 e. The summed E-state index contributed by atoms with van der Waals surface area (Å²) in [6.45, 7) is -0.146. The van der Waals surface area contributed by atoms with E-state index in [4.69, 9.17) is 0 Å². The van der Waals surface area contributed by atoms with Crippen LogP contribution in [0.2, 0.25) is 0 Å². The van der Waals surface area contributed by atoms with Gasteiger partial charge in [-0.05, 0) is 0 Å². The van der Waals surface area contributed by atoms with Crippen molar-refractivity contribution in [3.05, 3.63) is 12.4 Å². The third kappa shape index (κ3) is 3.98. The van der Waals surface area contributed by atoms with Crippen LogP contribution in [-0.2, 0) is 19.9 Å². The maximum atomic E-state index is 11.4. The maximum Gasteiger partial charge on any atom is 0.243 e. The van der Waals surface area contributed by atoms with E-state index < -0.39 is 19.9 Å². The summed E-state index contributed by atoms with van der Waals surface area (Å²) in [5.41, 5.74) is 0. The summed E-state index contributed by atoms with van der Waals surface area (Å²) in [6.07, 6.45) is 3.39. The molecule has 1 aromatic heterocycles. The van der Waals surface area contributed by atoms with Gasteiger partial charge in [0.2, 0.25) is 10.0 Å². The van der Waals surface area contributed by atoms with Crippen LogP contribution in [0.25, 0.3) is 0 Å². The quantitative estimate of drug-likeness (QED) is 0.680. The number of nitrogens with zero attached hydrogens (tertiary/aromatic N) is 1. The third-order valence-electron chi connectivity index (χ3n) is 1.55. The SMILES string of the molecule is CS(=O)(=O)CCNS(=O)(=O)c1cn[nH]c1. The van der Waals surface area contributed by atoms with Crippen molar-refractivity contribution in [2.45, 2.75) is 4.90 Å². The molecule has 1 aromatic rings. The van der Waals surface area contributed by atoms with Gasteiger partial charge in [-0.2, -0.15) is 5.10 Å². The van der Waals surface area contributed by atoms with Crippen molar-refractivity contribution < 1.29 is 16.8 Å². The molecule has 0 fully saturated rings. The van der Waals surface area contributed by atoms with E-state index >= 15 is 0 Å². The van der Waals surface area contributed by atoms with Crippen molar-refractivity contribution in [3.8, 4) is 0 Å². The summed E-state index contributed by atoms with van der Waals surface area (Å²) >= 11 is 0. The molecule has 7 nitrogen and oxygen atoms in total. The molecule has 0 saturated carbocycles. The van der Waals surface area contributed by atoms with Crippen molar-refractivity contribution in [3.63, 3.8) is 0 Å². The van der Waals surface area contributed by atoms with Gasteiger partial charge < -0.3 is 0 Å². The number of hydrogen-bond donors (Lipinski definition) is 2. The highest BCUT2D eigenvalue weighted by Gasteiger charge is 2.15. The van der Waals surface area contributed by atoms with Gasteiger partial charge in [0.1, 0.15) is 14.7 Å². The van der Waals surface area contributed by atoms with Crippen LogP contribution in [0.1, 0.15) is 0 Å². The molecule has 0 aliphatic rings. The van der Waals surface area contributed by atoms with E-state index in [1.54, 1.807) is 0 Å². The number of sulfone groups is 1. The number of hydrogen-bond acceptors (Lipinski definition) is 5. The normalized spacial score (nSPS) is 12.9. The molecule has 0 aromatic carbocycles. The Morgan fingerprint density at radius 3 is 2.53 bits per heavy atom. The molecule has 1 heterocycles. The first-order chi connectivity index (χ1) is 6.81. The predicted molar refractivity (Wildman–Crippen MR) is 53.5 cm³/mol. The molecule has 15 heavy (non-hydrogen) atoms. The zero-order valence-electron chi connectivity index (χ0n) is 7.97. The monoisotopic (exact) mass is 253 g/mol. The Morgan fingerprint density at radius 2 is 2.07 bits per heavy atom. The van der Waals surface area contributed by atoms with Gasteiger partial charge in [0, 0.05) is 19.0 Å². The van der Waals surface area contributed by atoms with E-state index in [9.17, 15) is 16.8 Å². The summed E-state index contributed by atoms with van der Waals surface area (Å²) in [5, 5.41) is 5.84. The van der Waals surface area contributed by atoms with E-state index in [1.165, 1.54) is 6.20 Å². The van der Waals surface area contributed by atoms with Crippen LogP contribution in [-0.4, -0.2) is 45.6 Å². The van der Waals surface area contributed by atoms with Crippen LogP contribution < -0.4 is 4.72 Å². The molecule has 0 unspecified atom stereocenters. The highest BCUT2D eigenvalue weighted by molar-refractivity contribution is 7.91. The zero-order valence-corrected chi connectivity index (χ0v) is 9.60. The van der Waals surface area contributed by atoms with E-state index in [0.717, 1.165) is 12.5 Å². The first kappa shape index (κ1) is 12.1. The minimum Gasteiger partial charge on any atom is -0.284 e. The Hall–Kier alpha value is -0.930. The molecule has 0 atom stereocenters. The molecule has 1 rings (SSSR count). The lowest BCUT2D eigenvalue weighted by atomic mass is 10.7. The lowest BCUT2D eigenvalue weighted by molar-refractivity contribution is 0.582. The number of nitrogens with one attached hydrogen (secondary N) is 2. The van der Waals surface area contributed by atoms with Crippen LogP contribution in [0, 0.1) is 0 Å². The molecule has 0 amide bonds. The fourth-order valence-electron chi connectivity index (χ4n) is 0.831. The van der Waals surface area contributed by atoms with E-state index in [-0.39, 0.29) is 17.2 Å². The summed E-state index contributed by atoms with van der Waals surface area (Å²) in [6, 6.07) is 0. The van der Waals surface area contributed by atoms with Gasteiger partial charge in [0.25, 0.3) is 0 Å². The molecule has 0 aliphatic carbocycles. The Balaban J connectivity index is 2.60. The second-order valence-corrected chi connectivity index (χ2v) is 6.99. The number of aromatic amines is 1. The fraction of sp³-hybridized carbons (Fsp3) is 0.500. The van der Waals surface area contributed by atoms with Crippen LogP contribution in [0.5, 0.6) is 0 Å². The molecule has 9 heteroatoms.